The number of rotatable bonds is 5. The van der Waals surface area contributed by atoms with Gasteiger partial charge in [0, 0.05) is 18.6 Å². The monoisotopic (exact) mass is 420 g/mol. The van der Waals surface area contributed by atoms with Gasteiger partial charge in [0.25, 0.3) is 0 Å². The van der Waals surface area contributed by atoms with Crippen LogP contribution < -0.4 is 10.6 Å². The van der Waals surface area contributed by atoms with E-state index in [9.17, 15) is 0 Å². The second-order valence-electron chi connectivity index (χ2n) is 6.57. The van der Waals surface area contributed by atoms with Crippen molar-refractivity contribution < 1.29 is 0 Å². The molecule has 0 aromatic carbocycles. The van der Waals surface area contributed by atoms with E-state index in [0.29, 0.717) is 12.1 Å². The van der Waals surface area contributed by atoms with Gasteiger partial charge >= 0.3 is 0 Å². The Labute approximate surface area is 153 Å². The van der Waals surface area contributed by atoms with Crippen LogP contribution in [0.1, 0.15) is 46.5 Å². The molecule has 2 rings (SSSR count). The van der Waals surface area contributed by atoms with Crippen LogP contribution in [0.2, 0.25) is 0 Å². The molecule has 5 heteroatoms. The number of likely N-dealkylation sites (tertiary alicyclic amines) is 1. The summed E-state index contributed by atoms with van der Waals surface area (Å²) in [5, 5.41) is 6.91. The van der Waals surface area contributed by atoms with Gasteiger partial charge in [-0.1, -0.05) is 19.1 Å². The Morgan fingerprint density at radius 2 is 1.91 bits per heavy atom. The number of guanidine groups is 1. The van der Waals surface area contributed by atoms with Gasteiger partial charge in [-0.3, -0.25) is 9.89 Å². The number of hydrogen-bond acceptors (Lipinski definition) is 2. The van der Waals surface area contributed by atoms with Crippen molar-refractivity contribution in [2.75, 3.05) is 26.2 Å². The molecule has 0 amide bonds. The van der Waals surface area contributed by atoms with Crippen molar-refractivity contribution in [1.29, 1.82) is 0 Å². The number of hydrogen-bond donors (Lipinski definition) is 2. The van der Waals surface area contributed by atoms with Gasteiger partial charge in [0.15, 0.2) is 5.96 Å². The third kappa shape index (κ3) is 6.44. The quantitative estimate of drug-likeness (QED) is 0.311. The summed E-state index contributed by atoms with van der Waals surface area (Å²) in [7, 11) is 0. The molecule has 0 aromatic heterocycles. The van der Waals surface area contributed by atoms with Gasteiger partial charge in [-0.15, -0.1) is 24.0 Å². The van der Waals surface area contributed by atoms with Gasteiger partial charge in [0.1, 0.15) is 0 Å². The number of nitrogens with one attached hydrogen (secondary N) is 2. The lowest BCUT2D eigenvalue weighted by molar-refractivity contribution is 0.150. The van der Waals surface area contributed by atoms with E-state index in [4.69, 9.17) is 4.99 Å². The largest absolute Gasteiger partial charge is 0.357 e. The highest BCUT2D eigenvalue weighted by Gasteiger charge is 2.20. The van der Waals surface area contributed by atoms with Crippen LogP contribution in [0.3, 0.4) is 0 Å². The molecule has 128 valence electrons. The van der Waals surface area contributed by atoms with Crippen LogP contribution >= 0.6 is 24.0 Å². The van der Waals surface area contributed by atoms with Crippen LogP contribution in [0.15, 0.2) is 17.1 Å². The van der Waals surface area contributed by atoms with Crippen LogP contribution in [0, 0.1) is 5.92 Å². The van der Waals surface area contributed by atoms with Crippen molar-refractivity contribution in [3.8, 4) is 0 Å². The van der Waals surface area contributed by atoms with Gasteiger partial charge in [-0.25, -0.2) is 0 Å². The first kappa shape index (κ1) is 19.7. The molecule has 1 atom stereocenters. The lowest BCUT2D eigenvalue weighted by Gasteiger charge is -2.34. The fourth-order valence-electron chi connectivity index (χ4n) is 3.06. The maximum absolute atomic E-state index is 4.80. The fourth-order valence-corrected chi connectivity index (χ4v) is 3.06. The van der Waals surface area contributed by atoms with Crippen molar-refractivity contribution in [3.63, 3.8) is 0 Å². The van der Waals surface area contributed by atoms with E-state index >= 15 is 0 Å². The smallest absolute Gasteiger partial charge is 0.191 e. The van der Waals surface area contributed by atoms with Crippen LogP contribution in [0.5, 0.6) is 0 Å². The molecule has 1 aliphatic heterocycles. The first-order chi connectivity index (χ1) is 10.2. The highest BCUT2D eigenvalue weighted by Crippen LogP contribution is 2.18. The van der Waals surface area contributed by atoms with Crippen molar-refractivity contribution in [2.24, 2.45) is 10.9 Å². The molecule has 1 heterocycles. The number of halogens is 1. The molecule has 1 saturated heterocycles. The first-order valence-electron chi connectivity index (χ1n) is 8.63. The SMILES string of the molecule is CCNC(=NCC(C)N1CCC(C)CC1)NC1CC=CC1.I. The van der Waals surface area contributed by atoms with E-state index in [1.807, 2.05) is 0 Å². The standard InChI is InChI=1S/C17H32N4.HI/c1-4-18-17(20-16-7-5-6-8-16)19-13-15(3)21-11-9-14(2)10-12-21;/h5-6,14-16H,4,7-13H2,1-3H3,(H2,18,19,20);1H. The minimum Gasteiger partial charge on any atom is -0.357 e. The van der Waals surface area contributed by atoms with Gasteiger partial charge in [0.2, 0.25) is 0 Å². The van der Waals surface area contributed by atoms with E-state index in [1.165, 1.54) is 25.9 Å². The topological polar surface area (TPSA) is 39.7 Å². The highest BCUT2D eigenvalue weighted by molar-refractivity contribution is 14.0. The van der Waals surface area contributed by atoms with Crippen LogP contribution in [0.4, 0.5) is 0 Å². The van der Waals surface area contributed by atoms with Gasteiger partial charge in [-0.05, 0) is 58.5 Å². The molecule has 0 spiro atoms. The summed E-state index contributed by atoms with van der Waals surface area (Å²) in [6.45, 7) is 11.1. The number of aliphatic imine (C=N–C) groups is 1. The zero-order valence-electron chi connectivity index (χ0n) is 14.3. The maximum atomic E-state index is 4.80. The zero-order valence-corrected chi connectivity index (χ0v) is 16.7. The number of piperidine rings is 1. The molecule has 4 nitrogen and oxygen atoms in total. The average molecular weight is 420 g/mol. The second-order valence-corrected chi connectivity index (χ2v) is 6.57. The summed E-state index contributed by atoms with van der Waals surface area (Å²) in [5.41, 5.74) is 0. The van der Waals surface area contributed by atoms with E-state index < -0.39 is 0 Å². The van der Waals surface area contributed by atoms with Crippen molar-refractivity contribution >= 4 is 29.9 Å². The van der Waals surface area contributed by atoms with Crippen molar-refractivity contribution in [1.82, 2.24) is 15.5 Å². The molecule has 0 bridgehead atoms. The first-order valence-corrected chi connectivity index (χ1v) is 8.63. The molecule has 2 N–H and O–H groups in total. The minimum absolute atomic E-state index is 0. The summed E-state index contributed by atoms with van der Waals surface area (Å²) in [4.78, 5) is 7.38. The Balaban J connectivity index is 0.00000242. The predicted molar refractivity (Wildman–Crippen MR) is 106 cm³/mol. The Bertz CT molecular complexity index is 354. The Morgan fingerprint density at radius 3 is 2.50 bits per heavy atom. The summed E-state index contributed by atoms with van der Waals surface area (Å²) < 4.78 is 0. The van der Waals surface area contributed by atoms with Crippen LogP contribution in [-0.4, -0.2) is 49.1 Å². The minimum atomic E-state index is 0. The number of nitrogens with zero attached hydrogens (tertiary/aromatic N) is 2. The third-order valence-electron chi connectivity index (χ3n) is 4.65. The highest BCUT2D eigenvalue weighted by atomic mass is 127. The van der Waals surface area contributed by atoms with E-state index in [-0.39, 0.29) is 24.0 Å². The lowest BCUT2D eigenvalue weighted by atomic mass is 9.98. The predicted octanol–water partition coefficient (Wildman–Crippen LogP) is 3.00. The van der Waals surface area contributed by atoms with E-state index in [0.717, 1.165) is 37.8 Å². The maximum Gasteiger partial charge on any atom is 0.191 e. The summed E-state index contributed by atoms with van der Waals surface area (Å²) >= 11 is 0. The Hall–Kier alpha value is -0.300. The average Bonchev–Trinajstić information content (AvgIpc) is 2.98. The lowest BCUT2D eigenvalue weighted by Crippen LogP contribution is -2.44. The molecular weight excluding hydrogens is 387 g/mol. The second kappa shape index (κ2) is 10.5. The van der Waals surface area contributed by atoms with E-state index in [1.54, 1.807) is 0 Å². The van der Waals surface area contributed by atoms with Gasteiger partial charge < -0.3 is 10.6 Å². The molecule has 0 saturated carbocycles. The summed E-state index contributed by atoms with van der Waals surface area (Å²) in [6, 6.07) is 1.06. The molecule has 1 fully saturated rings. The Kier molecular flexibility index (Phi) is 9.40. The molecule has 0 radical (unpaired) electrons. The van der Waals surface area contributed by atoms with Gasteiger partial charge in [0.05, 0.1) is 6.54 Å². The molecule has 1 aliphatic carbocycles. The molecule has 0 aromatic rings. The third-order valence-corrected chi connectivity index (χ3v) is 4.65. The van der Waals surface area contributed by atoms with Crippen LogP contribution in [0.25, 0.3) is 0 Å². The summed E-state index contributed by atoms with van der Waals surface area (Å²) in [5.74, 6) is 1.87. The molecule has 1 unspecified atom stereocenters. The molecule has 2 aliphatic rings. The summed E-state index contributed by atoms with van der Waals surface area (Å²) in [6.07, 6.45) is 9.39. The van der Waals surface area contributed by atoms with Crippen molar-refractivity contribution in [3.05, 3.63) is 12.2 Å². The zero-order chi connectivity index (χ0) is 15.1. The van der Waals surface area contributed by atoms with Crippen molar-refractivity contribution in [2.45, 2.75) is 58.5 Å². The van der Waals surface area contributed by atoms with Crippen LogP contribution in [-0.2, 0) is 0 Å². The molecular formula is C17H33IN4. The Morgan fingerprint density at radius 1 is 1.27 bits per heavy atom. The molecule has 22 heavy (non-hydrogen) atoms. The van der Waals surface area contributed by atoms with E-state index in [2.05, 4.69) is 48.5 Å². The normalized spacial score (nSPS) is 22.4. The van der Waals surface area contributed by atoms with Gasteiger partial charge in [-0.2, -0.15) is 0 Å². The fraction of sp³-hybridized carbons (Fsp3) is 0.824.